The van der Waals surface area contributed by atoms with Crippen LogP contribution in [0.2, 0.25) is 0 Å². The summed E-state index contributed by atoms with van der Waals surface area (Å²) in [5.74, 6) is 2.31. The van der Waals surface area contributed by atoms with Gasteiger partial charge in [-0.15, -0.1) is 0 Å². The molecule has 1 amide bonds. The van der Waals surface area contributed by atoms with Gasteiger partial charge in [-0.25, -0.2) is 9.97 Å². The summed E-state index contributed by atoms with van der Waals surface area (Å²) in [5, 5.41) is 17.7. The molecule has 0 saturated carbocycles. The normalized spacial score (nSPS) is 15.2. The number of benzene rings is 1. The number of amides is 1. The van der Waals surface area contributed by atoms with Crippen molar-refractivity contribution < 1.29 is 33.1 Å². The molecule has 4 N–H and O–H groups in total. The minimum Gasteiger partial charge on any atom is -1.00 e. The van der Waals surface area contributed by atoms with Gasteiger partial charge in [-0.05, 0) is 49.4 Å². The molecule has 1 atom stereocenters. The number of nitrogens with zero attached hydrogens (tertiary/aromatic N) is 4. The van der Waals surface area contributed by atoms with E-state index in [1.165, 1.54) is 11.8 Å². The van der Waals surface area contributed by atoms with Crippen molar-refractivity contribution in [3.8, 4) is 0 Å². The first-order chi connectivity index (χ1) is 16.4. The Kier molecular flexibility index (Phi) is 9.75. The summed E-state index contributed by atoms with van der Waals surface area (Å²) >= 11 is 1.49. The lowest BCUT2D eigenvalue weighted by molar-refractivity contribution is -0.115. The fourth-order valence-corrected chi connectivity index (χ4v) is 4.60. The second-order valence-electron chi connectivity index (χ2n) is 8.74. The fraction of sp³-hybridized carbons (Fsp3) is 0.417. The number of carbonyl (C=O) groups is 1. The van der Waals surface area contributed by atoms with Crippen LogP contribution in [-0.4, -0.2) is 51.2 Å². The number of H-pyrrole nitrogens is 1. The molecule has 0 bridgehead atoms. The van der Waals surface area contributed by atoms with Gasteiger partial charge in [-0.2, -0.15) is 5.10 Å². The van der Waals surface area contributed by atoms with Crippen LogP contribution in [0.15, 0.2) is 46.5 Å². The van der Waals surface area contributed by atoms with Crippen LogP contribution in [0.1, 0.15) is 43.6 Å². The Labute approximate surface area is 232 Å². The molecule has 9 nitrogen and oxygen atoms in total. The molecule has 1 aromatic carbocycles. The first-order valence-electron chi connectivity index (χ1n) is 11.6. The number of carbonyl (C=O) groups excluding carboxylic acids is 1. The topological polar surface area (TPSA) is 111 Å². The van der Waals surface area contributed by atoms with E-state index in [4.69, 9.17) is 9.97 Å². The Morgan fingerprint density at radius 2 is 2.00 bits per heavy atom. The lowest BCUT2D eigenvalue weighted by Gasteiger charge is -2.20. The summed E-state index contributed by atoms with van der Waals surface area (Å²) < 4.78 is 0. The van der Waals surface area contributed by atoms with Gasteiger partial charge >= 0.3 is 0 Å². The number of halogens is 1. The van der Waals surface area contributed by atoms with Gasteiger partial charge in [0.1, 0.15) is 11.6 Å². The molecule has 1 aliphatic heterocycles. The number of anilines is 4. The summed E-state index contributed by atoms with van der Waals surface area (Å²) in [7, 11) is 0. The van der Waals surface area contributed by atoms with Crippen LogP contribution in [0.4, 0.5) is 23.1 Å². The molecular formula is C24H38IN8OS-. The number of aromatic amines is 1. The van der Waals surface area contributed by atoms with E-state index in [2.05, 4.69) is 44.9 Å². The van der Waals surface area contributed by atoms with Crippen molar-refractivity contribution in [3.63, 3.8) is 0 Å². The Morgan fingerprint density at radius 3 is 2.66 bits per heavy atom. The molecule has 0 spiro atoms. The van der Waals surface area contributed by atoms with Crippen molar-refractivity contribution in [3.05, 3.63) is 42.1 Å². The van der Waals surface area contributed by atoms with Gasteiger partial charge in [0.05, 0.1) is 0 Å². The van der Waals surface area contributed by atoms with Gasteiger partial charge in [0, 0.05) is 64.3 Å². The summed E-state index contributed by atoms with van der Waals surface area (Å²) in [6.07, 6.45) is 1.53. The zero-order valence-corrected chi connectivity index (χ0v) is 23.4. The first kappa shape index (κ1) is 27.2. The highest BCUT2D eigenvalue weighted by Crippen LogP contribution is 2.31. The highest BCUT2D eigenvalue weighted by atomic mass is 127. The molecule has 4 rings (SSSR count). The van der Waals surface area contributed by atoms with Gasteiger partial charge in [0.25, 0.3) is 0 Å². The third-order valence-electron chi connectivity index (χ3n) is 5.40. The first-order valence-corrected chi connectivity index (χ1v) is 12.5. The number of rotatable bonds is 9. The third kappa shape index (κ3) is 7.80. The standard InChI is InChI=1S/C24H32N8OS.HI.3H2/c1-5-23(33)26-17-6-8-19(9-7-17)34-24-28-20(27-21-12-16(4)30-31-21)13-22(29-24)32-11-10-18(14-32)25-15(2)3;;;;/h6-9,12-13,15,18,25H,5,10-11,14H2,1-4H3,(H,26,33)(H2,27,28,29,30,31);4*1H/p-1/t18-;;;;/m1..../s1. The second kappa shape index (κ2) is 12.5. The number of aromatic nitrogens is 4. The molecule has 1 saturated heterocycles. The van der Waals surface area contributed by atoms with Gasteiger partial charge in [0.2, 0.25) is 5.91 Å². The number of nitrogens with one attached hydrogen (secondary N) is 4. The molecule has 0 unspecified atom stereocenters. The summed E-state index contributed by atoms with van der Waals surface area (Å²) in [4.78, 5) is 24.5. The van der Waals surface area contributed by atoms with Crippen molar-refractivity contribution >= 4 is 40.8 Å². The van der Waals surface area contributed by atoms with Crippen molar-refractivity contribution in [2.75, 3.05) is 28.6 Å². The minimum atomic E-state index is -0.00312. The quantitative estimate of drug-likeness (QED) is 0.215. The van der Waals surface area contributed by atoms with Gasteiger partial charge < -0.3 is 44.8 Å². The number of hydrogen-bond donors (Lipinski definition) is 4. The summed E-state index contributed by atoms with van der Waals surface area (Å²) in [6.45, 7) is 10.00. The van der Waals surface area contributed by atoms with Gasteiger partial charge in [-0.1, -0.05) is 20.8 Å². The number of aryl methyl sites for hydroxylation is 1. The molecule has 2 aromatic heterocycles. The zero-order valence-electron chi connectivity index (χ0n) is 20.4. The van der Waals surface area contributed by atoms with E-state index in [0.29, 0.717) is 29.5 Å². The Hall–Kier alpha value is -2.38. The lowest BCUT2D eigenvalue weighted by Crippen LogP contribution is -3.00. The predicted molar refractivity (Wildman–Crippen MR) is 143 cm³/mol. The van der Waals surface area contributed by atoms with Crippen LogP contribution in [0.5, 0.6) is 0 Å². The van der Waals surface area contributed by atoms with Crippen LogP contribution in [0, 0.1) is 6.92 Å². The van der Waals surface area contributed by atoms with Gasteiger partial charge in [-0.3, -0.25) is 9.89 Å². The molecule has 3 heterocycles. The maximum atomic E-state index is 11.6. The van der Waals surface area contributed by atoms with E-state index in [1.807, 2.05) is 50.2 Å². The molecule has 11 heteroatoms. The zero-order chi connectivity index (χ0) is 24.1. The van der Waals surface area contributed by atoms with Crippen molar-refractivity contribution in [2.45, 2.75) is 62.7 Å². The molecule has 3 aromatic rings. The molecular weight excluding hydrogens is 575 g/mol. The van der Waals surface area contributed by atoms with Crippen LogP contribution >= 0.6 is 11.8 Å². The fourth-order valence-electron chi connectivity index (χ4n) is 3.83. The summed E-state index contributed by atoms with van der Waals surface area (Å²) in [5.41, 5.74) is 1.76. The predicted octanol–water partition coefficient (Wildman–Crippen LogP) is 2.07. The average molecular weight is 614 g/mol. The van der Waals surface area contributed by atoms with Crippen molar-refractivity contribution in [2.24, 2.45) is 0 Å². The smallest absolute Gasteiger partial charge is 0.224 e. The molecule has 0 radical (unpaired) electrons. The molecule has 0 aliphatic carbocycles. The van der Waals surface area contributed by atoms with Crippen LogP contribution in [-0.2, 0) is 4.79 Å². The minimum absolute atomic E-state index is 0. The highest BCUT2D eigenvalue weighted by Gasteiger charge is 2.25. The Bertz CT molecular complexity index is 1140. The lowest BCUT2D eigenvalue weighted by atomic mass is 10.2. The van der Waals surface area contributed by atoms with Crippen molar-refractivity contribution in [1.82, 2.24) is 25.5 Å². The molecule has 1 aliphatic rings. The number of hydrogen-bond acceptors (Lipinski definition) is 8. The van der Waals surface area contributed by atoms with Gasteiger partial charge in [0.15, 0.2) is 11.0 Å². The van der Waals surface area contributed by atoms with E-state index < -0.39 is 0 Å². The molecule has 1 fully saturated rings. The second-order valence-corrected chi connectivity index (χ2v) is 9.78. The van der Waals surface area contributed by atoms with E-state index >= 15 is 0 Å². The van der Waals surface area contributed by atoms with Crippen LogP contribution in [0.25, 0.3) is 0 Å². The van der Waals surface area contributed by atoms with Crippen LogP contribution < -0.4 is 44.8 Å². The maximum Gasteiger partial charge on any atom is 0.224 e. The van der Waals surface area contributed by atoms with E-state index in [0.717, 1.165) is 47.4 Å². The molecule has 35 heavy (non-hydrogen) atoms. The maximum absolute atomic E-state index is 11.6. The van der Waals surface area contributed by atoms with Crippen molar-refractivity contribution in [1.29, 1.82) is 0 Å². The SMILES string of the molecule is CCC(=O)Nc1ccc(Sc2nc(Nc3cc(C)[nH]n3)cc(N3CC[C@@H](NC(C)C)C3)n2)cc1.[HH].[HH].[HH].[I-]. The average Bonchev–Trinajstić information content (AvgIpc) is 3.43. The van der Waals surface area contributed by atoms with E-state index in [9.17, 15) is 4.79 Å². The Balaban J connectivity index is 0.00000342. The summed E-state index contributed by atoms with van der Waals surface area (Å²) in [6, 6.07) is 12.5. The Morgan fingerprint density at radius 1 is 1.23 bits per heavy atom. The monoisotopic (exact) mass is 613 g/mol. The van der Waals surface area contributed by atoms with Crippen LogP contribution in [0.3, 0.4) is 0 Å². The largest absolute Gasteiger partial charge is 1.00 e. The van der Waals surface area contributed by atoms with E-state index in [1.54, 1.807) is 0 Å². The highest BCUT2D eigenvalue weighted by molar-refractivity contribution is 7.99. The molecule has 194 valence electrons. The third-order valence-corrected chi connectivity index (χ3v) is 6.28. The van der Waals surface area contributed by atoms with E-state index in [-0.39, 0.29) is 34.2 Å².